The first-order valence-electron chi connectivity index (χ1n) is 7.09. The molecule has 1 saturated carbocycles. The molecule has 1 aromatic heterocycles. The normalized spacial score (nSPS) is 17.4. The van der Waals surface area contributed by atoms with E-state index in [0.29, 0.717) is 6.04 Å². The largest absolute Gasteiger partial charge is 0.396 e. The number of hydrogen-bond acceptors (Lipinski definition) is 1. The number of hydrogen-bond donors (Lipinski definition) is 1. The highest BCUT2D eigenvalue weighted by Gasteiger charge is 2.17. The highest BCUT2D eigenvalue weighted by molar-refractivity contribution is 5.83. The van der Waals surface area contributed by atoms with Gasteiger partial charge in [-0.2, -0.15) is 0 Å². The molecule has 1 N–H and O–H groups in total. The fourth-order valence-corrected chi connectivity index (χ4v) is 3.28. The quantitative estimate of drug-likeness (QED) is 0.874. The van der Waals surface area contributed by atoms with Crippen molar-refractivity contribution in [1.82, 2.24) is 4.57 Å². The Hall–Kier alpha value is -1.28. The Morgan fingerprint density at radius 1 is 1.11 bits per heavy atom. The monoisotopic (exact) mass is 243 g/mol. The molecule has 0 saturated heterocycles. The lowest BCUT2D eigenvalue weighted by Gasteiger charge is -2.25. The highest BCUT2D eigenvalue weighted by atomic mass is 16.2. The maximum atomic E-state index is 9.21. The van der Waals surface area contributed by atoms with Crippen molar-refractivity contribution in [3.63, 3.8) is 0 Å². The molecule has 2 heteroatoms. The molecular weight excluding hydrogens is 222 g/mol. The minimum atomic E-state index is 0.231. The van der Waals surface area contributed by atoms with Gasteiger partial charge in [-0.3, -0.25) is 0 Å². The lowest BCUT2D eigenvalue weighted by atomic mass is 9.95. The summed E-state index contributed by atoms with van der Waals surface area (Å²) in [6.07, 6.45) is 9.70. The van der Waals surface area contributed by atoms with Crippen LogP contribution in [-0.2, 0) is 6.42 Å². The van der Waals surface area contributed by atoms with E-state index in [1.165, 1.54) is 48.6 Å². The summed E-state index contributed by atoms with van der Waals surface area (Å²) in [4.78, 5) is 0. The smallest absolute Gasteiger partial charge is 0.0516 e. The van der Waals surface area contributed by atoms with E-state index in [1.54, 1.807) is 0 Å². The fourth-order valence-electron chi connectivity index (χ4n) is 3.28. The Bertz CT molecular complexity index is 523. The molecule has 0 aliphatic heterocycles. The van der Waals surface area contributed by atoms with Gasteiger partial charge in [-0.25, -0.2) is 0 Å². The number of aliphatic hydroxyl groups excluding tert-OH is 1. The molecular formula is C16H21NO. The number of benzene rings is 1. The summed E-state index contributed by atoms with van der Waals surface area (Å²) in [7, 11) is 0. The van der Waals surface area contributed by atoms with Crippen molar-refractivity contribution < 1.29 is 5.11 Å². The van der Waals surface area contributed by atoms with Crippen LogP contribution in [0.4, 0.5) is 0 Å². The van der Waals surface area contributed by atoms with Crippen LogP contribution >= 0.6 is 0 Å². The van der Waals surface area contributed by atoms with Gasteiger partial charge in [-0.1, -0.05) is 37.5 Å². The Morgan fingerprint density at radius 3 is 2.72 bits per heavy atom. The number of aliphatic hydroxyl groups is 1. The molecule has 1 aliphatic carbocycles. The predicted molar refractivity (Wildman–Crippen MR) is 74.8 cm³/mol. The van der Waals surface area contributed by atoms with E-state index in [9.17, 15) is 5.11 Å². The second-order valence-electron chi connectivity index (χ2n) is 5.34. The molecule has 1 aromatic carbocycles. The molecule has 1 aliphatic rings. The number of fused-ring (bicyclic) bond motifs is 1. The van der Waals surface area contributed by atoms with Gasteiger partial charge in [0.15, 0.2) is 0 Å². The van der Waals surface area contributed by atoms with E-state index in [2.05, 4.69) is 35.0 Å². The van der Waals surface area contributed by atoms with Crippen LogP contribution in [0.15, 0.2) is 30.5 Å². The first kappa shape index (κ1) is 11.8. The van der Waals surface area contributed by atoms with Crippen molar-refractivity contribution in [2.45, 2.75) is 44.6 Å². The Balaban J connectivity index is 2.05. The predicted octanol–water partition coefficient (Wildman–Crippen LogP) is 3.68. The average molecular weight is 243 g/mol. The average Bonchev–Trinajstić information content (AvgIpc) is 2.85. The summed E-state index contributed by atoms with van der Waals surface area (Å²) in [5, 5.41) is 10.5. The van der Waals surface area contributed by atoms with Crippen LogP contribution in [0.5, 0.6) is 0 Å². The Kier molecular flexibility index (Phi) is 3.37. The van der Waals surface area contributed by atoms with Crippen LogP contribution in [0.3, 0.4) is 0 Å². The van der Waals surface area contributed by atoms with Gasteiger partial charge in [0.2, 0.25) is 0 Å². The number of para-hydroxylation sites is 1. The van der Waals surface area contributed by atoms with Gasteiger partial charge in [0.05, 0.1) is 5.52 Å². The number of aromatic nitrogens is 1. The van der Waals surface area contributed by atoms with Crippen LogP contribution < -0.4 is 0 Å². The summed E-state index contributed by atoms with van der Waals surface area (Å²) >= 11 is 0. The third kappa shape index (κ3) is 2.05. The Labute approximate surface area is 108 Å². The third-order valence-electron chi connectivity index (χ3n) is 4.17. The van der Waals surface area contributed by atoms with Crippen LogP contribution in [0.2, 0.25) is 0 Å². The molecule has 2 nitrogen and oxygen atoms in total. The number of nitrogens with zero attached hydrogens (tertiary/aromatic N) is 1. The van der Waals surface area contributed by atoms with Crippen molar-refractivity contribution >= 4 is 10.9 Å². The molecule has 1 heterocycles. The molecule has 1 fully saturated rings. The zero-order valence-electron chi connectivity index (χ0n) is 10.8. The molecule has 0 spiro atoms. The van der Waals surface area contributed by atoms with E-state index < -0.39 is 0 Å². The SMILES string of the molecule is OCCc1cccc2ccn(C3CCCCC3)c12. The molecule has 0 amide bonds. The molecule has 0 atom stereocenters. The first-order valence-corrected chi connectivity index (χ1v) is 7.09. The second-order valence-corrected chi connectivity index (χ2v) is 5.34. The third-order valence-corrected chi connectivity index (χ3v) is 4.17. The number of rotatable bonds is 3. The van der Waals surface area contributed by atoms with Crippen LogP contribution in [0.25, 0.3) is 10.9 Å². The van der Waals surface area contributed by atoms with Crippen LogP contribution in [-0.4, -0.2) is 16.3 Å². The van der Waals surface area contributed by atoms with Crippen molar-refractivity contribution in [2.24, 2.45) is 0 Å². The minimum absolute atomic E-state index is 0.231. The van der Waals surface area contributed by atoms with Crippen LogP contribution in [0, 0.1) is 0 Å². The molecule has 0 unspecified atom stereocenters. The van der Waals surface area contributed by atoms with Gasteiger partial charge >= 0.3 is 0 Å². The van der Waals surface area contributed by atoms with Gasteiger partial charge in [-0.15, -0.1) is 0 Å². The van der Waals surface area contributed by atoms with Crippen LogP contribution in [0.1, 0.15) is 43.7 Å². The van der Waals surface area contributed by atoms with Gasteiger partial charge in [0.1, 0.15) is 0 Å². The molecule has 96 valence electrons. The summed E-state index contributed by atoms with van der Waals surface area (Å²) in [6, 6.07) is 9.30. The Morgan fingerprint density at radius 2 is 1.94 bits per heavy atom. The molecule has 18 heavy (non-hydrogen) atoms. The van der Waals surface area contributed by atoms with E-state index in [0.717, 1.165) is 6.42 Å². The molecule has 2 aromatic rings. The van der Waals surface area contributed by atoms with Crippen molar-refractivity contribution in [3.8, 4) is 0 Å². The maximum absolute atomic E-state index is 9.21. The first-order chi connectivity index (χ1) is 8.90. The minimum Gasteiger partial charge on any atom is -0.396 e. The van der Waals surface area contributed by atoms with Gasteiger partial charge in [-0.05, 0) is 36.3 Å². The summed E-state index contributed by atoms with van der Waals surface area (Å²) in [5.74, 6) is 0. The van der Waals surface area contributed by atoms with E-state index in [1.807, 2.05) is 0 Å². The van der Waals surface area contributed by atoms with Crippen molar-refractivity contribution in [1.29, 1.82) is 0 Å². The van der Waals surface area contributed by atoms with Gasteiger partial charge < -0.3 is 9.67 Å². The van der Waals surface area contributed by atoms with Crippen molar-refractivity contribution in [2.75, 3.05) is 6.61 Å². The molecule has 3 rings (SSSR count). The lowest BCUT2D eigenvalue weighted by molar-refractivity contribution is 0.299. The zero-order valence-corrected chi connectivity index (χ0v) is 10.8. The summed E-state index contributed by atoms with van der Waals surface area (Å²) in [6.45, 7) is 0.231. The van der Waals surface area contributed by atoms with E-state index in [-0.39, 0.29) is 6.61 Å². The fraction of sp³-hybridized carbons (Fsp3) is 0.500. The topological polar surface area (TPSA) is 25.2 Å². The maximum Gasteiger partial charge on any atom is 0.0516 e. The second kappa shape index (κ2) is 5.15. The van der Waals surface area contributed by atoms with Crippen molar-refractivity contribution in [3.05, 3.63) is 36.0 Å². The molecule has 0 radical (unpaired) electrons. The standard InChI is InChI=1S/C16H21NO/c18-12-10-14-6-4-5-13-9-11-17(16(13)14)15-7-2-1-3-8-15/h4-6,9,11,15,18H,1-3,7-8,10,12H2. The van der Waals surface area contributed by atoms with E-state index in [4.69, 9.17) is 0 Å². The lowest BCUT2D eigenvalue weighted by Crippen LogP contribution is -2.12. The molecule has 0 bridgehead atoms. The van der Waals surface area contributed by atoms with Gasteiger partial charge in [0, 0.05) is 18.8 Å². The summed E-state index contributed by atoms with van der Waals surface area (Å²) in [5.41, 5.74) is 2.63. The zero-order chi connectivity index (χ0) is 12.4. The van der Waals surface area contributed by atoms with Gasteiger partial charge in [0.25, 0.3) is 0 Å². The van der Waals surface area contributed by atoms with E-state index >= 15 is 0 Å². The summed E-state index contributed by atoms with van der Waals surface area (Å²) < 4.78 is 2.46. The highest BCUT2D eigenvalue weighted by Crippen LogP contribution is 2.32.